The van der Waals surface area contributed by atoms with E-state index in [-0.39, 0.29) is 18.6 Å². The van der Waals surface area contributed by atoms with Crippen LogP contribution in [0, 0.1) is 5.92 Å². The third kappa shape index (κ3) is 7.25. The molecule has 0 aliphatic heterocycles. The minimum atomic E-state index is -3.66. The summed E-state index contributed by atoms with van der Waals surface area (Å²) in [6.45, 7) is 5.80. The van der Waals surface area contributed by atoms with Gasteiger partial charge in [0.2, 0.25) is 0 Å². The fourth-order valence-corrected chi connectivity index (χ4v) is 2.10. The first kappa shape index (κ1) is 13.8. The Morgan fingerprint density at radius 3 is 2.50 bits per heavy atom. The third-order valence-corrected chi connectivity index (χ3v) is 3.12. The Bertz CT molecular complexity index is 225. The van der Waals surface area contributed by atoms with Gasteiger partial charge in [0.15, 0.2) is 0 Å². The highest BCUT2D eigenvalue weighted by Crippen LogP contribution is 2.41. The third-order valence-electron chi connectivity index (χ3n) is 1.71. The van der Waals surface area contributed by atoms with Crippen LogP contribution in [0.1, 0.15) is 33.6 Å². The van der Waals surface area contributed by atoms with Crippen molar-refractivity contribution in [1.29, 1.82) is 0 Å². The van der Waals surface area contributed by atoms with Gasteiger partial charge in [-0.05, 0) is 19.3 Å². The minimum absolute atomic E-state index is 0.158. The van der Waals surface area contributed by atoms with Gasteiger partial charge in [-0.25, -0.2) is 0 Å². The van der Waals surface area contributed by atoms with Crippen LogP contribution in [0.4, 0.5) is 0 Å². The first-order valence-corrected chi connectivity index (χ1v) is 6.61. The smallest absolute Gasteiger partial charge is 0.324 e. The summed E-state index contributed by atoms with van der Waals surface area (Å²) >= 11 is 0. The first-order valence-electron chi connectivity index (χ1n) is 4.85. The van der Waals surface area contributed by atoms with Gasteiger partial charge in [-0.15, -0.1) is 0 Å². The average molecular weight is 222 g/mol. The molecule has 5 heteroatoms. The highest BCUT2D eigenvalue weighted by molar-refractivity contribution is 7.53. The van der Waals surface area contributed by atoms with Crippen molar-refractivity contribution in [2.24, 2.45) is 5.92 Å². The summed E-state index contributed by atoms with van der Waals surface area (Å²) in [6.07, 6.45) is 0.758. The Labute approximate surface area is 85.2 Å². The largest absolute Gasteiger partial charge is 0.335 e. The maximum atomic E-state index is 11.2. The fraction of sp³-hybridized carbons (Fsp3) is 0.889. The maximum Gasteiger partial charge on any atom is 0.335 e. The van der Waals surface area contributed by atoms with Crippen molar-refractivity contribution >= 4 is 13.4 Å². The average Bonchev–Trinajstić information content (AvgIpc) is 1.99. The van der Waals surface area contributed by atoms with Crippen LogP contribution in [0.3, 0.4) is 0 Å². The summed E-state index contributed by atoms with van der Waals surface area (Å²) in [7, 11) is -3.66. The zero-order valence-corrected chi connectivity index (χ0v) is 9.92. The van der Waals surface area contributed by atoms with Crippen LogP contribution in [0.2, 0.25) is 0 Å². The Hall–Kier alpha value is -0.180. The second kappa shape index (κ2) is 6.33. The van der Waals surface area contributed by atoms with E-state index in [4.69, 9.17) is 4.89 Å². The van der Waals surface area contributed by atoms with E-state index in [2.05, 4.69) is 4.52 Å². The van der Waals surface area contributed by atoms with E-state index >= 15 is 0 Å². The predicted molar refractivity (Wildman–Crippen MR) is 55.4 cm³/mol. The van der Waals surface area contributed by atoms with Crippen LogP contribution in [-0.2, 0) is 13.9 Å². The van der Waals surface area contributed by atoms with Gasteiger partial charge in [0.25, 0.3) is 0 Å². The van der Waals surface area contributed by atoms with E-state index in [1.807, 2.05) is 13.8 Å². The molecular formula is C9H19O4P. The maximum absolute atomic E-state index is 11.2. The van der Waals surface area contributed by atoms with Crippen molar-refractivity contribution < 1.29 is 18.8 Å². The summed E-state index contributed by atoms with van der Waals surface area (Å²) in [6, 6.07) is 0. The van der Waals surface area contributed by atoms with Crippen LogP contribution in [0.25, 0.3) is 0 Å². The predicted octanol–water partition coefficient (Wildman–Crippen LogP) is 2.21. The minimum Gasteiger partial charge on any atom is -0.324 e. The SMILES string of the molecule is CCOP(=O)(O)CC(=O)CCC(C)C. The van der Waals surface area contributed by atoms with E-state index in [0.717, 1.165) is 6.42 Å². The molecular weight excluding hydrogens is 203 g/mol. The molecule has 1 N–H and O–H groups in total. The number of Topliss-reactive ketones (excluding diaryl/α,β-unsaturated/α-hetero) is 1. The van der Waals surface area contributed by atoms with E-state index < -0.39 is 7.60 Å². The summed E-state index contributed by atoms with van der Waals surface area (Å²) < 4.78 is 15.8. The van der Waals surface area contributed by atoms with E-state index in [9.17, 15) is 9.36 Å². The number of carbonyl (C=O) groups is 1. The van der Waals surface area contributed by atoms with Crippen LogP contribution in [-0.4, -0.2) is 23.4 Å². The van der Waals surface area contributed by atoms with Gasteiger partial charge in [0, 0.05) is 6.42 Å². The molecule has 0 radical (unpaired) electrons. The lowest BCUT2D eigenvalue weighted by Crippen LogP contribution is -2.08. The van der Waals surface area contributed by atoms with Crippen LogP contribution < -0.4 is 0 Å². The zero-order chi connectivity index (χ0) is 11.2. The zero-order valence-electron chi connectivity index (χ0n) is 9.02. The Morgan fingerprint density at radius 1 is 1.50 bits per heavy atom. The van der Waals surface area contributed by atoms with Gasteiger partial charge in [-0.2, -0.15) is 0 Å². The Kier molecular flexibility index (Phi) is 6.25. The topological polar surface area (TPSA) is 63.6 Å². The van der Waals surface area contributed by atoms with Crippen LogP contribution in [0.5, 0.6) is 0 Å². The van der Waals surface area contributed by atoms with E-state index in [1.165, 1.54) is 0 Å². The molecule has 14 heavy (non-hydrogen) atoms. The molecule has 1 atom stereocenters. The molecule has 0 fully saturated rings. The van der Waals surface area contributed by atoms with E-state index in [0.29, 0.717) is 12.3 Å². The highest BCUT2D eigenvalue weighted by atomic mass is 31.2. The molecule has 0 aromatic heterocycles. The number of rotatable bonds is 7. The molecule has 0 spiro atoms. The molecule has 0 aromatic rings. The van der Waals surface area contributed by atoms with Crippen LogP contribution in [0.15, 0.2) is 0 Å². The molecule has 0 aromatic carbocycles. The second-order valence-electron chi connectivity index (χ2n) is 3.68. The van der Waals surface area contributed by atoms with Gasteiger partial charge in [-0.1, -0.05) is 13.8 Å². The van der Waals surface area contributed by atoms with Gasteiger partial charge in [-0.3, -0.25) is 9.36 Å². The van der Waals surface area contributed by atoms with Gasteiger partial charge in [0.1, 0.15) is 11.9 Å². The second-order valence-corrected chi connectivity index (χ2v) is 5.53. The number of carbonyl (C=O) groups excluding carboxylic acids is 1. The van der Waals surface area contributed by atoms with Crippen LogP contribution >= 0.6 is 7.60 Å². The quantitative estimate of drug-likeness (QED) is 0.671. The van der Waals surface area contributed by atoms with Crippen molar-refractivity contribution in [1.82, 2.24) is 0 Å². The molecule has 0 aliphatic carbocycles. The molecule has 4 nitrogen and oxygen atoms in total. The fourth-order valence-electron chi connectivity index (χ4n) is 0.999. The van der Waals surface area contributed by atoms with Gasteiger partial charge >= 0.3 is 7.60 Å². The Morgan fingerprint density at radius 2 is 2.07 bits per heavy atom. The van der Waals surface area contributed by atoms with Gasteiger partial charge < -0.3 is 9.42 Å². The van der Waals surface area contributed by atoms with Crippen molar-refractivity contribution in [2.75, 3.05) is 12.8 Å². The molecule has 0 heterocycles. The Balaban J connectivity index is 3.87. The van der Waals surface area contributed by atoms with Crippen molar-refractivity contribution in [2.45, 2.75) is 33.6 Å². The lowest BCUT2D eigenvalue weighted by molar-refractivity contribution is -0.117. The molecule has 1 unspecified atom stereocenters. The standard InChI is InChI=1S/C9H19O4P/c1-4-13-14(11,12)7-9(10)6-5-8(2)3/h8H,4-7H2,1-3H3,(H,11,12). The lowest BCUT2D eigenvalue weighted by Gasteiger charge is -2.10. The number of hydrogen-bond donors (Lipinski definition) is 1. The molecule has 0 saturated carbocycles. The van der Waals surface area contributed by atoms with Crippen molar-refractivity contribution in [3.63, 3.8) is 0 Å². The van der Waals surface area contributed by atoms with Gasteiger partial charge in [0.05, 0.1) is 6.61 Å². The molecule has 0 rings (SSSR count). The summed E-state index contributed by atoms with van der Waals surface area (Å²) in [5, 5.41) is 0. The molecule has 84 valence electrons. The molecule has 0 bridgehead atoms. The van der Waals surface area contributed by atoms with Crippen molar-refractivity contribution in [3.8, 4) is 0 Å². The molecule has 0 aliphatic rings. The summed E-state index contributed by atoms with van der Waals surface area (Å²) in [4.78, 5) is 20.4. The monoisotopic (exact) mass is 222 g/mol. The summed E-state index contributed by atoms with van der Waals surface area (Å²) in [5.74, 6) is 0.238. The van der Waals surface area contributed by atoms with Crippen molar-refractivity contribution in [3.05, 3.63) is 0 Å². The lowest BCUT2D eigenvalue weighted by atomic mass is 10.1. The normalized spacial score (nSPS) is 15.5. The summed E-state index contributed by atoms with van der Waals surface area (Å²) in [5.41, 5.74) is 0. The molecule has 0 amide bonds. The molecule has 0 saturated heterocycles. The van der Waals surface area contributed by atoms with E-state index in [1.54, 1.807) is 6.92 Å². The first-order chi connectivity index (χ1) is 6.37. The highest BCUT2D eigenvalue weighted by Gasteiger charge is 2.22. The number of ketones is 1. The number of hydrogen-bond acceptors (Lipinski definition) is 3.